The first-order valence-corrected chi connectivity index (χ1v) is 7.58. The van der Waals surface area contributed by atoms with Gasteiger partial charge in [-0.05, 0) is 32.7 Å². The number of rotatable bonds is 7. The van der Waals surface area contributed by atoms with E-state index in [9.17, 15) is 0 Å². The Labute approximate surface area is 120 Å². The van der Waals surface area contributed by atoms with Gasteiger partial charge in [0.1, 0.15) is 5.75 Å². The van der Waals surface area contributed by atoms with Crippen LogP contribution in [0.2, 0.25) is 0 Å². The van der Waals surface area contributed by atoms with Crippen molar-refractivity contribution in [1.29, 1.82) is 0 Å². The first kappa shape index (κ1) is 14.6. The van der Waals surface area contributed by atoms with Gasteiger partial charge in [0.05, 0.1) is 12.8 Å². The number of aryl methyl sites for hydroxylation is 1. The highest BCUT2D eigenvalue weighted by molar-refractivity contribution is 6.17. The lowest BCUT2D eigenvalue weighted by Crippen LogP contribution is -2.40. The molecule has 0 saturated heterocycles. The third-order valence-electron chi connectivity index (χ3n) is 3.75. The van der Waals surface area contributed by atoms with Gasteiger partial charge in [-0.3, -0.25) is 9.88 Å². The van der Waals surface area contributed by atoms with Crippen LogP contribution in [-0.4, -0.2) is 35.5 Å². The fourth-order valence-corrected chi connectivity index (χ4v) is 2.63. The molecule has 0 aliphatic heterocycles. The summed E-state index contributed by atoms with van der Waals surface area (Å²) in [6.45, 7) is 3.98. The lowest BCUT2D eigenvalue weighted by atomic mass is 9.91. The molecule has 1 aromatic rings. The number of methoxy groups -OCH3 is 1. The van der Waals surface area contributed by atoms with E-state index in [0.29, 0.717) is 0 Å². The molecule has 0 unspecified atom stereocenters. The molecule has 1 aliphatic carbocycles. The number of aromatic nitrogens is 1. The number of hydrogen-bond donors (Lipinski definition) is 0. The summed E-state index contributed by atoms with van der Waals surface area (Å²) in [5.41, 5.74) is 2.11. The second kappa shape index (κ2) is 7.11. The van der Waals surface area contributed by atoms with Crippen molar-refractivity contribution in [3.63, 3.8) is 0 Å². The van der Waals surface area contributed by atoms with Gasteiger partial charge in [-0.25, -0.2) is 0 Å². The Morgan fingerprint density at radius 2 is 2.21 bits per heavy atom. The van der Waals surface area contributed by atoms with Gasteiger partial charge in [-0.2, -0.15) is 0 Å². The Morgan fingerprint density at radius 1 is 1.42 bits per heavy atom. The van der Waals surface area contributed by atoms with Gasteiger partial charge in [0, 0.05) is 36.3 Å². The van der Waals surface area contributed by atoms with Crippen molar-refractivity contribution in [2.75, 3.05) is 19.5 Å². The molecule has 0 N–H and O–H groups in total. The molecule has 0 aromatic carbocycles. The van der Waals surface area contributed by atoms with Crippen LogP contribution in [-0.2, 0) is 6.54 Å². The molecule has 4 heteroatoms. The minimum absolute atomic E-state index is 0.719. The second-order valence-corrected chi connectivity index (χ2v) is 5.62. The summed E-state index contributed by atoms with van der Waals surface area (Å²) in [6.07, 6.45) is 5.02. The van der Waals surface area contributed by atoms with Crippen molar-refractivity contribution in [3.8, 4) is 5.75 Å². The van der Waals surface area contributed by atoms with Gasteiger partial charge in [0.2, 0.25) is 0 Å². The zero-order valence-corrected chi connectivity index (χ0v) is 12.6. The van der Waals surface area contributed by atoms with Crippen LogP contribution in [0.15, 0.2) is 12.1 Å². The van der Waals surface area contributed by atoms with Crippen LogP contribution in [0.5, 0.6) is 5.75 Å². The predicted octanol–water partition coefficient (Wildman–Crippen LogP) is 3.38. The quantitative estimate of drug-likeness (QED) is 0.717. The number of pyridine rings is 1. The van der Waals surface area contributed by atoms with E-state index in [2.05, 4.69) is 9.88 Å². The number of alkyl halides is 1. The van der Waals surface area contributed by atoms with Crippen molar-refractivity contribution >= 4 is 11.6 Å². The Bertz CT molecular complexity index is 407. The molecular formula is C15H23ClN2O. The number of hydrogen-bond acceptors (Lipinski definition) is 3. The largest absolute Gasteiger partial charge is 0.497 e. The van der Waals surface area contributed by atoms with Crippen molar-refractivity contribution < 1.29 is 4.74 Å². The van der Waals surface area contributed by atoms with Crippen molar-refractivity contribution in [2.24, 2.45) is 0 Å². The zero-order chi connectivity index (χ0) is 13.7. The zero-order valence-electron chi connectivity index (χ0n) is 11.9. The van der Waals surface area contributed by atoms with Gasteiger partial charge < -0.3 is 4.74 Å². The molecule has 1 heterocycles. The van der Waals surface area contributed by atoms with E-state index in [0.717, 1.165) is 48.6 Å². The van der Waals surface area contributed by atoms with E-state index in [-0.39, 0.29) is 0 Å². The van der Waals surface area contributed by atoms with Crippen LogP contribution in [0.1, 0.15) is 37.1 Å². The van der Waals surface area contributed by atoms with E-state index < -0.39 is 0 Å². The van der Waals surface area contributed by atoms with Gasteiger partial charge in [-0.15, -0.1) is 11.6 Å². The van der Waals surface area contributed by atoms with E-state index in [4.69, 9.17) is 16.3 Å². The SMILES string of the molecule is COc1cc(C)nc(CN(CCCCl)C2CCC2)c1. The molecule has 2 rings (SSSR count). The predicted molar refractivity (Wildman–Crippen MR) is 78.9 cm³/mol. The molecule has 0 amide bonds. The molecule has 0 spiro atoms. The Kier molecular flexibility index (Phi) is 5.46. The second-order valence-electron chi connectivity index (χ2n) is 5.24. The van der Waals surface area contributed by atoms with Crippen LogP contribution in [0.4, 0.5) is 0 Å². The maximum Gasteiger partial charge on any atom is 0.122 e. The van der Waals surface area contributed by atoms with Crippen LogP contribution in [0, 0.1) is 6.92 Å². The maximum atomic E-state index is 5.83. The molecule has 1 aliphatic rings. The van der Waals surface area contributed by atoms with E-state index in [1.807, 2.05) is 19.1 Å². The average molecular weight is 283 g/mol. The van der Waals surface area contributed by atoms with Gasteiger partial charge in [0.25, 0.3) is 0 Å². The lowest BCUT2D eigenvalue weighted by molar-refractivity contribution is 0.118. The van der Waals surface area contributed by atoms with Crippen molar-refractivity contribution in [1.82, 2.24) is 9.88 Å². The highest BCUT2D eigenvalue weighted by atomic mass is 35.5. The normalized spacial score (nSPS) is 15.6. The molecule has 3 nitrogen and oxygen atoms in total. The number of nitrogens with zero attached hydrogens (tertiary/aromatic N) is 2. The van der Waals surface area contributed by atoms with E-state index in [1.165, 1.54) is 19.3 Å². The molecule has 1 saturated carbocycles. The summed E-state index contributed by atoms with van der Waals surface area (Å²) in [5.74, 6) is 1.63. The van der Waals surface area contributed by atoms with Gasteiger partial charge in [0.15, 0.2) is 0 Å². The molecule has 0 bridgehead atoms. The fourth-order valence-electron chi connectivity index (χ4n) is 2.52. The molecule has 0 radical (unpaired) electrons. The van der Waals surface area contributed by atoms with Gasteiger partial charge in [-0.1, -0.05) is 6.42 Å². The molecule has 1 fully saturated rings. The average Bonchev–Trinajstić information content (AvgIpc) is 2.33. The summed E-state index contributed by atoms with van der Waals surface area (Å²) >= 11 is 5.83. The van der Waals surface area contributed by atoms with Crippen LogP contribution in [0.25, 0.3) is 0 Å². The summed E-state index contributed by atoms with van der Waals surface area (Å²) in [4.78, 5) is 7.14. The van der Waals surface area contributed by atoms with E-state index in [1.54, 1.807) is 7.11 Å². The monoisotopic (exact) mass is 282 g/mol. The smallest absolute Gasteiger partial charge is 0.122 e. The first-order valence-electron chi connectivity index (χ1n) is 7.04. The summed E-state index contributed by atoms with van der Waals surface area (Å²) in [6, 6.07) is 4.73. The van der Waals surface area contributed by atoms with Crippen LogP contribution in [0.3, 0.4) is 0 Å². The van der Waals surface area contributed by atoms with Crippen LogP contribution >= 0.6 is 11.6 Å². The fraction of sp³-hybridized carbons (Fsp3) is 0.667. The molecule has 0 atom stereocenters. The summed E-state index contributed by atoms with van der Waals surface area (Å²) in [7, 11) is 1.70. The molecule has 1 aromatic heterocycles. The van der Waals surface area contributed by atoms with Crippen molar-refractivity contribution in [2.45, 2.75) is 45.2 Å². The van der Waals surface area contributed by atoms with Crippen molar-refractivity contribution in [3.05, 3.63) is 23.5 Å². The molecule has 106 valence electrons. The minimum Gasteiger partial charge on any atom is -0.497 e. The molecule has 19 heavy (non-hydrogen) atoms. The highest BCUT2D eigenvalue weighted by Crippen LogP contribution is 2.26. The lowest BCUT2D eigenvalue weighted by Gasteiger charge is -2.37. The topological polar surface area (TPSA) is 25.4 Å². The number of halogens is 1. The summed E-state index contributed by atoms with van der Waals surface area (Å²) in [5, 5.41) is 0. The van der Waals surface area contributed by atoms with E-state index >= 15 is 0 Å². The van der Waals surface area contributed by atoms with Crippen LogP contribution < -0.4 is 4.74 Å². The van der Waals surface area contributed by atoms with Gasteiger partial charge >= 0.3 is 0 Å². The standard InChI is InChI=1S/C15H23ClN2O/c1-12-9-15(19-2)10-13(17-12)11-18(8-4-7-16)14-5-3-6-14/h9-10,14H,3-8,11H2,1-2H3. The third-order valence-corrected chi connectivity index (χ3v) is 4.02. The molecular weight excluding hydrogens is 260 g/mol. The highest BCUT2D eigenvalue weighted by Gasteiger charge is 2.24. The Balaban J connectivity index is 2.04. The Hall–Kier alpha value is -0.800. The maximum absolute atomic E-state index is 5.83. The summed E-state index contributed by atoms with van der Waals surface area (Å²) < 4.78 is 5.32. The third kappa shape index (κ3) is 4.08. The Morgan fingerprint density at radius 3 is 2.79 bits per heavy atom. The number of ether oxygens (including phenoxy) is 1. The first-order chi connectivity index (χ1) is 9.22. The minimum atomic E-state index is 0.719.